The van der Waals surface area contributed by atoms with E-state index in [2.05, 4.69) is 10.1 Å². The summed E-state index contributed by atoms with van der Waals surface area (Å²) in [5, 5.41) is 2.50. The van der Waals surface area contributed by atoms with Gasteiger partial charge in [0.05, 0.1) is 6.42 Å². The van der Waals surface area contributed by atoms with Crippen molar-refractivity contribution in [3.8, 4) is 5.75 Å². The van der Waals surface area contributed by atoms with Gasteiger partial charge in [-0.3, -0.25) is 14.5 Å². The van der Waals surface area contributed by atoms with Crippen LogP contribution in [0.4, 0.5) is 18.9 Å². The highest BCUT2D eigenvalue weighted by Crippen LogP contribution is 2.25. The van der Waals surface area contributed by atoms with Crippen LogP contribution in [0.5, 0.6) is 5.75 Å². The molecular weight excluding hydrogens is 389 g/mol. The third kappa shape index (κ3) is 6.21. The number of rotatable bonds is 6. The molecule has 1 amide bonds. The van der Waals surface area contributed by atoms with Crippen molar-refractivity contribution in [2.45, 2.75) is 25.4 Å². The van der Waals surface area contributed by atoms with Crippen LogP contribution in [-0.4, -0.2) is 42.3 Å². The predicted octanol–water partition coefficient (Wildman–Crippen LogP) is 3.34. The van der Waals surface area contributed by atoms with Crippen molar-refractivity contribution in [3.05, 3.63) is 60.2 Å². The van der Waals surface area contributed by atoms with Gasteiger partial charge < -0.3 is 14.8 Å². The fourth-order valence-corrected chi connectivity index (χ4v) is 3.04. The quantitative estimate of drug-likeness (QED) is 0.743. The summed E-state index contributed by atoms with van der Waals surface area (Å²) in [5.74, 6) is -1.47. The summed E-state index contributed by atoms with van der Waals surface area (Å²) >= 11 is 0. The van der Waals surface area contributed by atoms with Crippen LogP contribution in [0, 0.1) is 0 Å². The minimum atomic E-state index is -4.83. The number of cyclic esters (lactones) is 1. The van der Waals surface area contributed by atoms with Crippen LogP contribution in [0.3, 0.4) is 0 Å². The van der Waals surface area contributed by atoms with Gasteiger partial charge in [0.25, 0.3) is 0 Å². The van der Waals surface area contributed by atoms with Crippen LogP contribution in [0.25, 0.3) is 0 Å². The molecule has 29 heavy (non-hydrogen) atoms. The van der Waals surface area contributed by atoms with E-state index in [-0.39, 0.29) is 18.7 Å². The number of hydrogen-bond acceptors (Lipinski definition) is 5. The van der Waals surface area contributed by atoms with E-state index in [1.165, 1.54) is 12.1 Å². The molecule has 3 rings (SSSR count). The first-order valence-electron chi connectivity index (χ1n) is 8.90. The molecule has 0 aromatic heterocycles. The molecule has 0 saturated carbocycles. The zero-order valence-electron chi connectivity index (χ0n) is 15.3. The molecule has 1 saturated heterocycles. The van der Waals surface area contributed by atoms with E-state index in [4.69, 9.17) is 4.74 Å². The Morgan fingerprint density at radius 2 is 1.93 bits per heavy atom. The smallest absolute Gasteiger partial charge is 0.463 e. The van der Waals surface area contributed by atoms with Crippen LogP contribution in [-0.2, 0) is 20.9 Å². The highest BCUT2D eigenvalue weighted by molar-refractivity contribution is 5.94. The minimum Gasteiger partial charge on any atom is -0.463 e. The molecule has 1 aliphatic heterocycles. The SMILES string of the molecule is O=C(CC1C(=O)OCCN1Cc1ccccc1)Nc1cccc(OC(F)(F)F)c1. The van der Waals surface area contributed by atoms with E-state index < -0.39 is 30.0 Å². The lowest BCUT2D eigenvalue weighted by molar-refractivity contribution is -0.274. The van der Waals surface area contributed by atoms with Gasteiger partial charge in [-0.25, -0.2) is 0 Å². The zero-order chi connectivity index (χ0) is 20.9. The molecule has 1 unspecified atom stereocenters. The standard InChI is InChI=1S/C20H19F3N2O4/c21-20(22,23)29-16-8-4-7-15(11-16)24-18(26)12-17-19(27)28-10-9-25(17)13-14-5-2-1-3-6-14/h1-8,11,17H,9-10,12-13H2,(H,24,26). The average molecular weight is 408 g/mol. The number of anilines is 1. The summed E-state index contributed by atoms with van der Waals surface area (Å²) in [5.41, 5.74) is 1.13. The van der Waals surface area contributed by atoms with E-state index in [1.54, 1.807) is 0 Å². The van der Waals surface area contributed by atoms with Gasteiger partial charge in [-0.1, -0.05) is 36.4 Å². The predicted molar refractivity (Wildman–Crippen MR) is 98.0 cm³/mol. The van der Waals surface area contributed by atoms with E-state index in [1.807, 2.05) is 35.2 Å². The van der Waals surface area contributed by atoms with Gasteiger partial charge in [0, 0.05) is 24.8 Å². The normalized spacial score (nSPS) is 17.5. The van der Waals surface area contributed by atoms with E-state index in [0.29, 0.717) is 13.1 Å². The lowest BCUT2D eigenvalue weighted by Gasteiger charge is -2.33. The molecule has 2 aromatic carbocycles. The molecule has 0 bridgehead atoms. The Bertz CT molecular complexity index is 858. The van der Waals surface area contributed by atoms with Crippen molar-refractivity contribution in [1.82, 2.24) is 4.90 Å². The number of alkyl halides is 3. The van der Waals surface area contributed by atoms with Crippen LogP contribution in [0.2, 0.25) is 0 Å². The molecule has 2 aromatic rings. The Morgan fingerprint density at radius 1 is 1.17 bits per heavy atom. The summed E-state index contributed by atoms with van der Waals surface area (Å²) in [6, 6.07) is 13.7. The van der Waals surface area contributed by atoms with Crippen molar-refractivity contribution in [2.75, 3.05) is 18.5 Å². The van der Waals surface area contributed by atoms with Gasteiger partial charge in [-0.15, -0.1) is 13.2 Å². The van der Waals surface area contributed by atoms with Crippen molar-refractivity contribution < 1.29 is 32.2 Å². The van der Waals surface area contributed by atoms with Crippen molar-refractivity contribution in [3.63, 3.8) is 0 Å². The molecule has 1 fully saturated rings. The third-order valence-electron chi connectivity index (χ3n) is 4.29. The van der Waals surface area contributed by atoms with Crippen molar-refractivity contribution in [1.29, 1.82) is 0 Å². The molecule has 9 heteroatoms. The molecule has 0 spiro atoms. The number of morpholine rings is 1. The second-order valence-corrected chi connectivity index (χ2v) is 6.47. The van der Waals surface area contributed by atoms with Gasteiger partial charge in [0.15, 0.2) is 0 Å². The maximum absolute atomic E-state index is 12.4. The Morgan fingerprint density at radius 3 is 2.66 bits per heavy atom. The van der Waals surface area contributed by atoms with Gasteiger partial charge in [-0.2, -0.15) is 0 Å². The molecule has 154 valence electrons. The fourth-order valence-electron chi connectivity index (χ4n) is 3.04. The second kappa shape index (κ2) is 8.95. The number of hydrogen-bond donors (Lipinski definition) is 1. The van der Waals surface area contributed by atoms with Crippen LogP contribution in [0.15, 0.2) is 54.6 Å². The molecular formula is C20H19F3N2O4. The Hall–Kier alpha value is -3.07. The van der Waals surface area contributed by atoms with Gasteiger partial charge >= 0.3 is 12.3 Å². The number of carbonyl (C=O) groups is 2. The molecule has 1 atom stereocenters. The number of nitrogens with one attached hydrogen (secondary N) is 1. The highest BCUT2D eigenvalue weighted by atomic mass is 19.4. The summed E-state index contributed by atoms with van der Waals surface area (Å²) in [6.07, 6.45) is -5.01. The van der Waals surface area contributed by atoms with Gasteiger partial charge in [0.2, 0.25) is 5.91 Å². The first-order chi connectivity index (χ1) is 13.8. The minimum absolute atomic E-state index is 0.135. The van der Waals surface area contributed by atoms with Crippen LogP contribution < -0.4 is 10.1 Å². The largest absolute Gasteiger partial charge is 0.573 e. The number of nitrogens with zero attached hydrogens (tertiary/aromatic N) is 1. The van der Waals surface area contributed by atoms with E-state index in [0.717, 1.165) is 17.7 Å². The van der Waals surface area contributed by atoms with E-state index in [9.17, 15) is 22.8 Å². The molecule has 0 radical (unpaired) electrons. The highest BCUT2D eigenvalue weighted by Gasteiger charge is 2.34. The maximum atomic E-state index is 12.4. The van der Waals surface area contributed by atoms with Crippen molar-refractivity contribution >= 4 is 17.6 Å². The first kappa shape index (κ1) is 20.7. The van der Waals surface area contributed by atoms with Gasteiger partial charge in [0.1, 0.15) is 18.4 Å². The number of amides is 1. The molecule has 6 nitrogen and oxygen atoms in total. The Balaban J connectivity index is 1.64. The fraction of sp³-hybridized carbons (Fsp3) is 0.300. The maximum Gasteiger partial charge on any atom is 0.573 e. The average Bonchev–Trinajstić information content (AvgIpc) is 2.64. The Labute approximate surface area is 165 Å². The third-order valence-corrected chi connectivity index (χ3v) is 4.29. The molecule has 1 N–H and O–H groups in total. The summed E-state index contributed by atoms with van der Waals surface area (Å²) < 4.78 is 45.9. The molecule has 1 heterocycles. The first-order valence-corrected chi connectivity index (χ1v) is 8.90. The van der Waals surface area contributed by atoms with Crippen LogP contribution >= 0.6 is 0 Å². The molecule has 1 aliphatic rings. The molecule has 0 aliphatic carbocycles. The number of benzene rings is 2. The number of esters is 1. The summed E-state index contributed by atoms with van der Waals surface area (Å²) in [7, 11) is 0. The number of ether oxygens (including phenoxy) is 2. The van der Waals surface area contributed by atoms with Crippen molar-refractivity contribution in [2.24, 2.45) is 0 Å². The summed E-state index contributed by atoms with van der Waals surface area (Å²) in [4.78, 5) is 26.5. The Kier molecular flexibility index (Phi) is 6.38. The van der Waals surface area contributed by atoms with Crippen LogP contribution in [0.1, 0.15) is 12.0 Å². The lowest BCUT2D eigenvalue weighted by atomic mass is 10.1. The lowest BCUT2D eigenvalue weighted by Crippen LogP contribution is -2.49. The zero-order valence-corrected chi connectivity index (χ0v) is 15.3. The topological polar surface area (TPSA) is 67.9 Å². The number of carbonyl (C=O) groups excluding carboxylic acids is 2. The van der Waals surface area contributed by atoms with Gasteiger partial charge in [-0.05, 0) is 17.7 Å². The summed E-state index contributed by atoms with van der Waals surface area (Å²) in [6.45, 7) is 1.19. The van der Waals surface area contributed by atoms with E-state index >= 15 is 0 Å². The monoisotopic (exact) mass is 408 g/mol. The second-order valence-electron chi connectivity index (χ2n) is 6.47. The number of halogens is 3.